The van der Waals surface area contributed by atoms with Crippen molar-refractivity contribution in [1.82, 2.24) is 4.90 Å². The topological polar surface area (TPSA) is 53.9 Å². The first-order chi connectivity index (χ1) is 14.7. The molecule has 1 N–H and O–H groups in total. The normalized spacial score (nSPS) is 18.0. The number of carbonyl (C=O) groups excluding carboxylic acids is 1. The maximum absolute atomic E-state index is 13.1. The van der Waals surface area contributed by atoms with Gasteiger partial charge in [-0.25, -0.2) is 4.79 Å². The molecule has 1 spiro atoms. The summed E-state index contributed by atoms with van der Waals surface area (Å²) in [6.45, 7) is 9.82. The van der Waals surface area contributed by atoms with Gasteiger partial charge in [-0.1, -0.05) is 67.9 Å². The van der Waals surface area contributed by atoms with E-state index >= 15 is 0 Å². The van der Waals surface area contributed by atoms with E-state index in [2.05, 4.69) is 37.3 Å². The SMILES string of the molecule is Cc1cccc(C(C)(C)C)c1NC(=O)N1CCC2(CC1)CC(c1ccc(Cl)cc1)=NO2. The smallest absolute Gasteiger partial charge is 0.321 e. The molecule has 0 bridgehead atoms. The Kier molecular flexibility index (Phi) is 5.73. The number of oxime groups is 1. The largest absolute Gasteiger partial charge is 0.388 e. The summed E-state index contributed by atoms with van der Waals surface area (Å²) in [7, 11) is 0. The van der Waals surface area contributed by atoms with Crippen molar-refractivity contribution in [1.29, 1.82) is 0 Å². The zero-order chi connectivity index (χ0) is 22.2. The van der Waals surface area contributed by atoms with Crippen LogP contribution in [0.1, 0.15) is 56.7 Å². The third kappa shape index (κ3) is 4.57. The number of nitrogens with one attached hydrogen (secondary N) is 1. The molecule has 0 unspecified atom stereocenters. The summed E-state index contributed by atoms with van der Waals surface area (Å²) in [4.78, 5) is 20.8. The molecule has 2 aliphatic rings. The van der Waals surface area contributed by atoms with Crippen LogP contribution < -0.4 is 5.32 Å². The number of hydrogen-bond donors (Lipinski definition) is 1. The number of aryl methyl sites for hydroxylation is 1. The minimum Gasteiger partial charge on any atom is -0.388 e. The summed E-state index contributed by atoms with van der Waals surface area (Å²) in [5.74, 6) is 0. The Hall–Kier alpha value is -2.53. The van der Waals surface area contributed by atoms with E-state index in [0.29, 0.717) is 18.1 Å². The van der Waals surface area contributed by atoms with Gasteiger partial charge in [0.2, 0.25) is 0 Å². The lowest BCUT2D eigenvalue weighted by atomic mass is 9.84. The highest BCUT2D eigenvalue weighted by atomic mass is 35.5. The summed E-state index contributed by atoms with van der Waals surface area (Å²) in [5.41, 5.74) is 4.77. The van der Waals surface area contributed by atoms with E-state index in [9.17, 15) is 4.79 Å². The highest BCUT2D eigenvalue weighted by Gasteiger charge is 2.43. The van der Waals surface area contributed by atoms with Crippen molar-refractivity contribution >= 4 is 29.0 Å². The van der Waals surface area contributed by atoms with Crippen LogP contribution in [0.5, 0.6) is 0 Å². The van der Waals surface area contributed by atoms with Crippen molar-refractivity contribution in [3.05, 3.63) is 64.2 Å². The summed E-state index contributed by atoms with van der Waals surface area (Å²) in [6.07, 6.45) is 2.29. The van der Waals surface area contributed by atoms with Gasteiger partial charge in [-0.15, -0.1) is 0 Å². The first kappa shape index (κ1) is 21.7. The molecule has 0 atom stereocenters. The van der Waals surface area contributed by atoms with E-state index < -0.39 is 0 Å². The molecule has 0 saturated carbocycles. The molecule has 2 aliphatic heterocycles. The van der Waals surface area contributed by atoms with E-state index in [-0.39, 0.29) is 17.0 Å². The zero-order valence-corrected chi connectivity index (χ0v) is 19.4. The van der Waals surface area contributed by atoms with E-state index in [1.807, 2.05) is 48.2 Å². The molecule has 1 saturated heterocycles. The molecule has 0 aliphatic carbocycles. The number of rotatable bonds is 2. The fourth-order valence-corrected chi connectivity index (χ4v) is 4.47. The van der Waals surface area contributed by atoms with Gasteiger partial charge in [0.15, 0.2) is 0 Å². The number of benzene rings is 2. The van der Waals surface area contributed by atoms with E-state index in [1.165, 1.54) is 0 Å². The minimum atomic E-state index is -0.315. The fourth-order valence-electron chi connectivity index (χ4n) is 4.35. The van der Waals surface area contributed by atoms with Crippen molar-refractivity contribution in [3.8, 4) is 0 Å². The van der Waals surface area contributed by atoms with Crippen molar-refractivity contribution in [2.24, 2.45) is 5.16 Å². The number of nitrogens with zero attached hydrogens (tertiary/aromatic N) is 2. The van der Waals surface area contributed by atoms with Crippen LogP contribution in [0.25, 0.3) is 0 Å². The molecule has 6 heteroatoms. The number of piperidine rings is 1. The van der Waals surface area contributed by atoms with Gasteiger partial charge in [-0.2, -0.15) is 0 Å². The highest BCUT2D eigenvalue weighted by molar-refractivity contribution is 6.30. The van der Waals surface area contributed by atoms with Gasteiger partial charge in [0.1, 0.15) is 5.60 Å². The molecule has 5 nitrogen and oxygen atoms in total. The lowest BCUT2D eigenvalue weighted by molar-refractivity contribution is -0.0544. The quantitative estimate of drug-likeness (QED) is 0.611. The molecule has 4 rings (SSSR count). The summed E-state index contributed by atoms with van der Waals surface area (Å²) >= 11 is 5.99. The number of hydrogen-bond acceptors (Lipinski definition) is 3. The van der Waals surface area contributed by atoms with Crippen LogP contribution in [0.2, 0.25) is 5.02 Å². The molecule has 2 heterocycles. The van der Waals surface area contributed by atoms with Gasteiger partial charge in [0.25, 0.3) is 0 Å². The second-order valence-electron chi connectivity index (χ2n) is 9.66. The lowest BCUT2D eigenvalue weighted by Crippen LogP contribution is -2.48. The number of anilines is 1. The van der Waals surface area contributed by atoms with Crippen LogP contribution in [-0.2, 0) is 10.3 Å². The summed E-state index contributed by atoms with van der Waals surface area (Å²) in [6, 6.07) is 13.8. The molecule has 0 radical (unpaired) electrons. The Balaban J connectivity index is 1.39. The highest BCUT2D eigenvalue weighted by Crippen LogP contribution is 2.37. The van der Waals surface area contributed by atoms with Crippen molar-refractivity contribution < 1.29 is 9.63 Å². The van der Waals surface area contributed by atoms with Crippen molar-refractivity contribution in [2.45, 2.75) is 58.0 Å². The predicted octanol–water partition coefficient (Wildman–Crippen LogP) is 6.14. The number of carbonyl (C=O) groups is 1. The van der Waals surface area contributed by atoms with E-state index in [4.69, 9.17) is 16.4 Å². The Morgan fingerprint density at radius 1 is 1.13 bits per heavy atom. The second kappa shape index (κ2) is 8.19. The Labute approximate surface area is 189 Å². The Morgan fingerprint density at radius 3 is 2.45 bits per heavy atom. The molecule has 2 aromatic rings. The average molecular weight is 440 g/mol. The number of likely N-dealkylation sites (tertiary alicyclic amines) is 1. The fraction of sp³-hybridized carbons (Fsp3) is 0.440. The third-order valence-electron chi connectivity index (χ3n) is 6.29. The monoisotopic (exact) mass is 439 g/mol. The van der Waals surface area contributed by atoms with E-state index in [0.717, 1.165) is 47.4 Å². The number of amides is 2. The molecular formula is C25H30ClN3O2. The van der Waals surface area contributed by atoms with Crippen molar-refractivity contribution in [2.75, 3.05) is 18.4 Å². The third-order valence-corrected chi connectivity index (χ3v) is 6.54. The van der Waals surface area contributed by atoms with Gasteiger partial charge < -0.3 is 15.1 Å². The van der Waals surface area contributed by atoms with E-state index in [1.54, 1.807) is 0 Å². The van der Waals surface area contributed by atoms with Crippen LogP contribution in [0.3, 0.4) is 0 Å². The van der Waals surface area contributed by atoms with Crippen LogP contribution in [0.15, 0.2) is 47.6 Å². The zero-order valence-electron chi connectivity index (χ0n) is 18.7. The number of urea groups is 1. The molecule has 2 amide bonds. The lowest BCUT2D eigenvalue weighted by Gasteiger charge is -2.37. The Bertz CT molecular complexity index is 1000. The molecule has 2 aromatic carbocycles. The first-order valence-corrected chi connectivity index (χ1v) is 11.2. The van der Waals surface area contributed by atoms with Gasteiger partial charge >= 0.3 is 6.03 Å². The van der Waals surface area contributed by atoms with Crippen LogP contribution in [0, 0.1) is 6.92 Å². The standard InChI is InChI=1S/C25H30ClN3O2/c1-17-6-5-7-20(24(2,3)4)22(17)27-23(30)29-14-12-25(13-15-29)16-21(28-31-25)18-8-10-19(26)11-9-18/h5-11H,12-16H2,1-4H3,(H,27,30). The van der Waals surface area contributed by atoms with Crippen LogP contribution in [-0.4, -0.2) is 35.3 Å². The molecule has 1 fully saturated rings. The Morgan fingerprint density at radius 2 is 1.81 bits per heavy atom. The van der Waals surface area contributed by atoms with Crippen LogP contribution in [0.4, 0.5) is 10.5 Å². The second-order valence-corrected chi connectivity index (χ2v) is 10.1. The molecule has 164 valence electrons. The number of para-hydroxylation sites is 1. The summed E-state index contributed by atoms with van der Waals surface area (Å²) < 4.78 is 0. The predicted molar refractivity (Wildman–Crippen MR) is 126 cm³/mol. The van der Waals surface area contributed by atoms with Crippen molar-refractivity contribution in [3.63, 3.8) is 0 Å². The maximum atomic E-state index is 13.1. The summed E-state index contributed by atoms with van der Waals surface area (Å²) in [5, 5.41) is 8.24. The molecular weight excluding hydrogens is 410 g/mol. The van der Waals surface area contributed by atoms with Crippen LogP contribution >= 0.6 is 11.6 Å². The van der Waals surface area contributed by atoms with Gasteiger partial charge in [-0.05, 0) is 41.2 Å². The van der Waals surface area contributed by atoms with Gasteiger partial charge in [0.05, 0.1) is 5.71 Å². The molecule has 31 heavy (non-hydrogen) atoms. The average Bonchev–Trinajstić information content (AvgIpc) is 3.13. The first-order valence-electron chi connectivity index (χ1n) is 10.8. The number of halogens is 1. The maximum Gasteiger partial charge on any atom is 0.321 e. The molecule has 0 aromatic heterocycles. The minimum absolute atomic E-state index is 0.0479. The van der Waals surface area contributed by atoms with Gasteiger partial charge in [-0.3, -0.25) is 0 Å². The van der Waals surface area contributed by atoms with Gasteiger partial charge in [0, 0.05) is 43.1 Å².